The lowest BCUT2D eigenvalue weighted by Crippen LogP contribution is -2.33. The second-order valence-corrected chi connectivity index (χ2v) is 3.78. The van der Waals surface area contributed by atoms with Gasteiger partial charge in [-0.1, -0.05) is 0 Å². The molecule has 2 rings (SSSR count). The van der Waals surface area contributed by atoms with Crippen LogP contribution in [0.25, 0.3) is 0 Å². The van der Waals surface area contributed by atoms with E-state index in [2.05, 4.69) is 4.98 Å². The quantitative estimate of drug-likeness (QED) is 0.609. The van der Waals surface area contributed by atoms with Gasteiger partial charge in [0.1, 0.15) is 0 Å². The molecule has 1 atom stereocenters. The zero-order chi connectivity index (χ0) is 11.5. The van der Waals surface area contributed by atoms with Crippen LogP contribution in [0.3, 0.4) is 0 Å². The number of anilines is 1. The zero-order valence-corrected chi connectivity index (χ0v) is 8.74. The Hall–Kier alpha value is -1.69. The van der Waals surface area contributed by atoms with Crippen LogP contribution in [0, 0.1) is 10.1 Å². The third-order valence-corrected chi connectivity index (χ3v) is 2.82. The maximum Gasteiger partial charge on any atom is 0.311 e. The molecule has 0 radical (unpaired) electrons. The van der Waals surface area contributed by atoms with Gasteiger partial charge in [-0.25, -0.2) is 4.98 Å². The fraction of sp³-hybridized carbons (Fsp3) is 0.500. The highest BCUT2D eigenvalue weighted by Crippen LogP contribution is 2.30. The molecule has 16 heavy (non-hydrogen) atoms. The van der Waals surface area contributed by atoms with Gasteiger partial charge in [-0.2, -0.15) is 0 Å². The molecule has 1 aromatic heterocycles. The van der Waals surface area contributed by atoms with E-state index < -0.39 is 4.92 Å². The molecular weight excluding hydrogens is 210 g/mol. The Labute approximate surface area is 92.7 Å². The number of nitro groups is 1. The smallest absolute Gasteiger partial charge is 0.311 e. The Morgan fingerprint density at radius 1 is 1.69 bits per heavy atom. The van der Waals surface area contributed by atoms with Gasteiger partial charge in [-0.15, -0.1) is 0 Å². The summed E-state index contributed by atoms with van der Waals surface area (Å²) in [5.41, 5.74) is 0.00264. The molecule has 0 spiro atoms. The summed E-state index contributed by atoms with van der Waals surface area (Å²) in [6.45, 7) is 0.719. The average molecular weight is 223 g/mol. The number of hydrogen-bond acceptors (Lipinski definition) is 5. The molecule has 2 heterocycles. The summed E-state index contributed by atoms with van der Waals surface area (Å²) in [5.74, 6) is 0.365. The van der Waals surface area contributed by atoms with Crippen molar-refractivity contribution in [3.63, 3.8) is 0 Å². The van der Waals surface area contributed by atoms with Crippen LogP contribution in [0.1, 0.15) is 12.8 Å². The highest BCUT2D eigenvalue weighted by atomic mass is 16.6. The molecule has 1 saturated heterocycles. The van der Waals surface area contributed by atoms with E-state index in [0.717, 1.165) is 12.8 Å². The first-order valence-corrected chi connectivity index (χ1v) is 5.21. The highest BCUT2D eigenvalue weighted by Gasteiger charge is 2.29. The third kappa shape index (κ3) is 1.83. The number of rotatable bonds is 3. The van der Waals surface area contributed by atoms with E-state index in [1.54, 1.807) is 6.07 Å². The van der Waals surface area contributed by atoms with E-state index in [-0.39, 0.29) is 18.3 Å². The third-order valence-electron chi connectivity index (χ3n) is 2.82. The predicted octanol–water partition coefficient (Wildman–Crippen LogP) is 0.951. The van der Waals surface area contributed by atoms with Crippen molar-refractivity contribution in [1.29, 1.82) is 0 Å². The Morgan fingerprint density at radius 3 is 3.19 bits per heavy atom. The van der Waals surface area contributed by atoms with E-state index in [9.17, 15) is 15.2 Å². The molecule has 6 nitrogen and oxygen atoms in total. The van der Waals surface area contributed by atoms with Gasteiger partial charge in [-0.3, -0.25) is 10.1 Å². The normalized spacial score (nSPS) is 20.1. The van der Waals surface area contributed by atoms with Crippen LogP contribution < -0.4 is 4.90 Å². The Balaban J connectivity index is 2.35. The van der Waals surface area contributed by atoms with E-state index in [1.165, 1.54) is 12.3 Å². The van der Waals surface area contributed by atoms with Crippen LogP contribution in [0.2, 0.25) is 0 Å². The fourth-order valence-electron chi connectivity index (χ4n) is 2.06. The summed E-state index contributed by atoms with van der Waals surface area (Å²) in [6.07, 6.45) is 3.32. The first kappa shape index (κ1) is 10.8. The molecule has 0 unspecified atom stereocenters. The van der Waals surface area contributed by atoms with Crippen LogP contribution >= 0.6 is 0 Å². The second-order valence-electron chi connectivity index (χ2n) is 3.78. The molecule has 86 valence electrons. The zero-order valence-electron chi connectivity index (χ0n) is 8.74. The number of aliphatic hydroxyl groups is 1. The van der Waals surface area contributed by atoms with E-state index >= 15 is 0 Å². The van der Waals surface area contributed by atoms with Gasteiger partial charge in [0.15, 0.2) is 0 Å². The molecule has 1 fully saturated rings. The summed E-state index contributed by atoms with van der Waals surface area (Å²) in [7, 11) is 0. The SMILES string of the molecule is O=[N+]([O-])c1cccnc1N1CCC[C@H]1CO. The predicted molar refractivity (Wildman–Crippen MR) is 58.3 cm³/mol. The lowest BCUT2D eigenvalue weighted by atomic mass is 10.2. The minimum absolute atomic E-state index is 0.00264. The first-order valence-electron chi connectivity index (χ1n) is 5.21. The van der Waals surface area contributed by atoms with Crippen molar-refractivity contribution in [1.82, 2.24) is 4.98 Å². The Kier molecular flexibility index (Phi) is 3.00. The molecule has 0 bridgehead atoms. The number of pyridine rings is 1. The van der Waals surface area contributed by atoms with Crippen molar-refractivity contribution in [3.8, 4) is 0 Å². The van der Waals surface area contributed by atoms with Crippen LogP contribution in [0.15, 0.2) is 18.3 Å². The molecule has 1 aliphatic rings. The molecule has 0 amide bonds. The average Bonchev–Trinajstić information content (AvgIpc) is 2.76. The van der Waals surface area contributed by atoms with Crippen LogP contribution in [-0.2, 0) is 0 Å². The standard InChI is InChI=1S/C10H13N3O3/c14-7-8-3-2-6-12(8)10-9(13(15)16)4-1-5-11-10/h1,4-5,8,14H,2-3,6-7H2/t8-/m0/s1. The van der Waals surface area contributed by atoms with Gasteiger partial charge in [0.05, 0.1) is 17.6 Å². The van der Waals surface area contributed by atoms with Gasteiger partial charge in [0.2, 0.25) is 5.82 Å². The lowest BCUT2D eigenvalue weighted by molar-refractivity contribution is -0.384. The lowest BCUT2D eigenvalue weighted by Gasteiger charge is -2.23. The van der Waals surface area contributed by atoms with Crippen molar-refractivity contribution >= 4 is 11.5 Å². The first-order chi connectivity index (χ1) is 7.74. The van der Waals surface area contributed by atoms with Crippen molar-refractivity contribution in [2.24, 2.45) is 0 Å². The molecule has 0 aromatic carbocycles. The second kappa shape index (κ2) is 4.44. The molecular formula is C10H13N3O3. The Bertz CT molecular complexity index is 397. The molecule has 6 heteroatoms. The molecule has 0 saturated carbocycles. The molecule has 1 N–H and O–H groups in total. The van der Waals surface area contributed by atoms with Gasteiger partial charge in [0, 0.05) is 18.8 Å². The topological polar surface area (TPSA) is 79.5 Å². The van der Waals surface area contributed by atoms with Crippen molar-refractivity contribution in [2.75, 3.05) is 18.1 Å². The molecule has 0 aliphatic carbocycles. The number of nitrogens with zero attached hydrogens (tertiary/aromatic N) is 3. The maximum absolute atomic E-state index is 10.8. The minimum atomic E-state index is -0.435. The largest absolute Gasteiger partial charge is 0.394 e. The summed E-state index contributed by atoms with van der Waals surface area (Å²) in [5, 5.41) is 20.0. The highest BCUT2D eigenvalue weighted by molar-refractivity contribution is 5.58. The maximum atomic E-state index is 10.8. The van der Waals surface area contributed by atoms with Crippen molar-refractivity contribution in [3.05, 3.63) is 28.4 Å². The van der Waals surface area contributed by atoms with Crippen LogP contribution in [0.4, 0.5) is 11.5 Å². The van der Waals surface area contributed by atoms with Gasteiger partial charge in [0.25, 0.3) is 0 Å². The van der Waals surface area contributed by atoms with Crippen molar-refractivity contribution < 1.29 is 10.0 Å². The van der Waals surface area contributed by atoms with Crippen molar-refractivity contribution in [2.45, 2.75) is 18.9 Å². The monoisotopic (exact) mass is 223 g/mol. The number of aromatic nitrogens is 1. The summed E-state index contributed by atoms with van der Waals surface area (Å²) < 4.78 is 0. The summed E-state index contributed by atoms with van der Waals surface area (Å²) >= 11 is 0. The van der Waals surface area contributed by atoms with Gasteiger partial charge in [-0.05, 0) is 18.9 Å². The van der Waals surface area contributed by atoms with E-state index in [0.29, 0.717) is 12.4 Å². The summed E-state index contributed by atoms with van der Waals surface area (Å²) in [4.78, 5) is 16.3. The molecule has 1 aromatic rings. The summed E-state index contributed by atoms with van der Waals surface area (Å²) in [6, 6.07) is 2.94. The minimum Gasteiger partial charge on any atom is -0.394 e. The number of aliphatic hydroxyl groups excluding tert-OH is 1. The van der Waals surface area contributed by atoms with E-state index in [1.807, 2.05) is 4.90 Å². The van der Waals surface area contributed by atoms with Crippen LogP contribution in [-0.4, -0.2) is 34.2 Å². The van der Waals surface area contributed by atoms with Gasteiger partial charge < -0.3 is 10.0 Å². The van der Waals surface area contributed by atoms with E-state index in [4.69, 9.17) is 0 Å². The Morgan fingerprint density at radius 2 is 2.50 bits per heavy atom. The van der Waals surface area contributed by atoms with Gasteiger partial charge >= 0.3 is 5.69 Å². The molecule has 1 aliphatic heterocycles. The fourth-order valence-corrected chi connectivity index (χ4v) is 2.06. The van der Waals surface area contributed by atoms with Crippen LogP contribution in [0.5, 0.6) is 0 Å². The number of hydrogen-bond donors (Lipinski definition) is 1.